The molecule has 0 unspecified atom stereocenters. The first kappa shape index (κ1) is 24.9. The normalized spacial score (nSPS) is 11.3. The Morgan fingerprint density at radius 1 is 1.03 bits per heavy atom. The van der Waals surface area contributed by atoms with E-state index in [0.717, 1.165) is 12.1 Å². The van der Waals surface area contributed by atoms with Crippen molar-refractivity contribution in [1.29, 1.82) is 0 Å². The van der Waals surface area contributed by atoms with Gasteiger partial charge in [-0.2, -0.15) is 8.78 Å². The van der Waals surface area contributed by atoms with Gasteiger partial charge < -0.3 is 13.7 Å². The average molecular weight is 526 g/mol. The molecular weight excluding hydrogens is 508 g/mol. The van der Waals surface area contributed by atoms with E-state index in [1.54, 1.807) is 36.4 Å². The molecule has 0 saturated carbocycles. The lowest BCUT2D eigenvalue weighted by Gasteiger charge is -2.20. The van der Waals surface area contributed by atoms with Gasteiger partial charge in [0.1, 0.15) is 23.1 Å². The monoisotopic (exact) mass is 526 g/mol. The summed E-state index contributed by atoms with van der Waals surface area (Å²) < 4.78 is 66.2. The Morgan fingerprint density at radius 2 is 1.82 bits per heavy atom. The molecule has 1 amide bonds. The Morgan fingerprint density at radius 3 is 2.47 bits per heavy atom. The molecule has 5 rings (SSSR count). The van der Waals surface area contributed by atoms with Crippen LogP contribution in [0.5, 0.6) is 0 Å². The summed E-state index contributed by atoms with van der Waals surface area (Å²) in [5, 5.41) is 14.6. The van der Waals surface area contributed by atoms with E-state index in [1.807, 2.05) is 0 Å². The SMILES string of the molecule is CC(=O)N(Cc1ccco1)c1cccc(-c2cn(Cc3c(F)cc(-c4nnc(C(F)F)o4)cc3F)nn2)c1. The number of aromatic nitrogens is 5. The number of hydrogen-bond donors (Lipinski definition) is 0. The molecule has 3 aromatic heterocycles. The first-order valence-electron chi connectivity index (χ1n) is 11.2. The fraction of sp³-hybridized carbons (Fsp3) is 0.160. The third-order valence-electron chi connectivity index (χ3n) is 5.60. The maximum Gasteiger partial charge on any atom is 0.314 e. The summed E-state index contributed by atoms with van der Waals surface area (Å²) in [5.74, 6) is -2.87. The molecule has 194 valence electrons. The van der Waals surface area contributed by atoms with E-state index in [2.05, 4.69) is 20.5 Å². The molecule has 0 spiro atoms. The van der Waals surface area contributed by atoms with E-state index in [-0.39, 0.29) is 30.1 Å². The van der Waals surface area contributed by atoms with Gasteiger partial charge in [-0.1, -0.05) is 17.3 Å². The molecule has 0 bridgehead atoms. The number of benzene rings is 2. The summed E-state index contributed by atoms with van der Waals surface area (Å²) >= 11 is 0. The zero-order valence-electron chi connectivity index (χ0n) is 19.7. The van der Waals surface area contributed by atoms with Gasteiger partial charge in [-0.05, 0) is 36.4 Å². The summed E-state index contributed by atoms with van der Waals surface area (Å²) in [5.41, 5.74) is 1.14. The Balaban J connectivity index is 1.36. The molecule has 0 fully saturated rings. The Kier molecular flexibility index (Phi) is 6.73. The van der Waals surface area contributed by atoms with Gasteiger partial charge in [0.15, 0.2) is 0 Å². The van der Waals surface area contributed by atoms with Gasteiger partial charge in [0.2, 0.25) is 11.8 Å². The number of rotatable bonds is 8. The number of halogens is 4. The summed E-state index contributed by atoms with van der Waals surface area (Å²) in [7, 11) is 0. The van der Waals surface area contributed by atoms with Crippen LogP contribution in [0.4, 0.5) is 23.2 Å². The van der Waals surface area contributed by atoms with E-state index in [4.69, 9.17) is 8.83 Å². The summed E-state index contributed by atoms with van der Waals surface area (Å²) in [6.07, 6.45) is 0.0215. The molecule has 0 radical (unpaired) electrons. The van der Waals surface area contributed by atoms with Gasteiger partial charge in [0.25, 0.3) is 5.89 Å². The van der Waals surface area contributed by atoms with Crippen LogP contribution in [0.1, 0.15) is 30.6 Å². The third kappa shape index (κ3) is 5.16. The van der Waals surface area contributed by atoms with Crippen LogP contribution in [-0.4, -0.2) is 31.1 Å². The molecule has 0 saturated heterocycles. The molecule has 3 heterocycles. The van der Waals surface area contributed by atoms with Crippen LogP contribution in [-0.2, 0) is 17.9 Å². The zero-order chi connectivity index (χ0) is 26.8. The van der Waals surface area contributed by atoms with Gasteiger partial charge in [-0.15, -0.1) is 15.3 Å². The van der Waals surface area contributed by atoms with Crippen molar-refractivity contribution >= 4 is 11.6 Å². The van der Waals surface area contributed by atoms with Crippen molar-refractivity contribution in [3.05, 3.63) is 89.8 Å². The predicted octanol–water partition coefficient (Wildman–Crippen LogP) is 5.41. The van der Waals surface area contributed by atoms with Crippen molar-refractivity contribution in [3.8, 4) is 22.7 Å². The maximum atomic E-state index is 14.8. The summed E-state index contributed by atoms with van der Waals surface area (Å²) in [4.78, 5) is 13.8. The molecule has 13 heteroatoms. The number of nitrogens with zero attached hydrogens (tertiary/aromatic N) is 6. The van der Waals surface area contributed by atoms with Gasteiger partial charge in [0.05, 0.1) is 25.5 Å². The van der Waals surface area contributed by atoms with Crippen LogP contribution >= 0.6 is 0 Å². The number of furan rings is 1. The number of hydrogen-bond acceptors (Lipinski definition) is 7. The Bertz CT molecular complexity index is 1560. The lowest BCUT2D eigenvalue weighted by molar-refractivity contribution is -0.116. The molecule has 0 aliphatic heterocycles. The van der Waals surface area contributed by atoms with Crippen molar-refractivity contribution < 1.29 is 31.2 Å². The van der Waals surface area contributed by atoms with Crippen molar-refractivity contribution in [1.82, 2.24) is 25.2 Å². The zero-order valence-corrected chi connectivity index (χ0v) is 19.7. The highest BCUT2D eigenvalue weighted by molar-refractivity contribution is 5.92. The molecule has 5 aromatic rings. The highest BCUT2D eigenvalue weighted by Gasteiger charge is 2.21. The lowest BCUT2D eigenvalue weighted by Crippen LogP contribution is -2.27. The molecule has 9 nitrogen and oxygen atoms in total. The topological polar surface area (TPSA) is 103 Å². The van der Waals surface area contributed by atoms with Gasteiger partial charge in [-0.25, -0.2) is 13.5 Å². The van der Waals surface area contributed by atoms with Crippen LogP contribution in [0, 0.1) is 11.6 Å². The van der Waals surface area contributed by atoms with E-state index in [1.165, 1.54) is 29.0 Å². The van der Waals surface area contributed by atoms with Gasteiger partial charge >= 0.3 is 6.43 Å². The number of carbonyl (C=O) groups excluding carboxylic acids is 1. The second-order valence-electron chi connectivity index (χ2n) is 8.20. The van der Waals surface area contributed by atoms with Crippen molar-refractivity contribution in [2.24, 2.45) is 0 Å². The summed E-state index contributed by atoms with van der Waals surface area (Å²) in [6, 6.07) is 12.3. The first-order chi connectivity index (χ1) is 18.3. The minimum absolute atomic E-state index is 0.177. The van der Waals surface area contributed by atoms with Crippen LogP contribution < -0.4 is 4.90 Å². The summed E-state index contributed by atoms with van der Waals surface area (Å²) in [6.45, 7) is 1.38. The van der Waals surface area contributed by atoms with Gasteiger partial charge in [0, 0.05) is 29.3 Å². The van der Waals surface area contributed by atoms with E-state index < -0.39 is 29.8 Å². The predicted molar refractivity (Wildman–Crippen MR) is 125 cm³/mol. The van der Waals surface area contributed by atoms with E-state index in [9.17, 15) is 22.4 Å². The second-order valence-corrected chi connectivity index (χ2v) is 8.20. The molecule has 0 atom stereocenters. The number of carbonyl (C=O) groups is 1. The molecule has 0 aliphatic rings. The number of amides is 1. The van der Waals surface area contributed by atoms with Crippen molar-refractivity contribution in [2.75, 3.05) is 4.90 Å². The highest BCUT2D eigenvalue weighted by atomic mass is 19.3. The number of alkyl halides is 2. The third-order valence-corrected chi connectivity index (χ3v) is 5.60. The Labute approximate surface area is 212 Å². The highest BCUT2D eigenvalue weighted by Crippen LogP contribution is 2.28. The molecule has 38 heavy (non-hydrogen) atoms. The van der Waals surface area contributed by atoms with Crippen molar-refractivity contribution in [3.63, 3.8) is 0 Å². The maximum absolute atomic E-state index is 14.8. The first-order valence-corrected chi connectivity index (χ1v) is 11.2. The van der Waals surface area contributed by atoms with E-state index in [0.29, 0.717) is 22.7 Å². The lowest BCUT2D eigenvalue weighted by atomic mass is 10.1. The molecule has 2 aromatic carbocycles. The minimum Gasteiger partial charge on any atom is -0.467 e. The molecule has 0 N–H and O–H groups in total. The average Bonchev–Trinajstić information content (AvgIpc) is 3.66. The van der Waals surface area contributed by atoms with Crippen LogP contribution in [0.2, 0.25) is 0 Å². The van der Waals surface area contributed by atoms with Crippen molar-refractivity contribution in [2.45, 2.75) is 26.4 Å². The standard InChI is InChI=1S/C25H18F4N6O3/c1-14(36)35(11-18-6-3-7-37-18)17-5-2-4-15(8-17)22-13-34(33-30-22)12-19-20(26)9-16(10-21(19)27)24-31-32-25(38-24)23(28)29/h2-10,13,23H,11-12H2,1H3. The number of anilines is 1. The largest absolute Gasteiger partial charge is 0.467 e. The van der Waals surface area contributed by atoms with Gasteiger partial charge in [-0.3, -0.25) is 4.79 Å². The molecular formula is C25H18F4N6O3. The Hall–Kier alpha value is -4.81. The smallest absolute Gasteiger partial charge is 0.314 e. The van der Waals surface area contributed by atoms with Crippen LogP contribution in [0.3, 0.4) is 0 Å². The minimum atomic E-state index is -3.01. The molecule has 0 aliphatic carbocycles. The quantitative estimate of drug-likeness (QED) is 0.249. The fourth-order valence-electron chi connectivity index (χ4n) is 3.76. The van der Waals surface area contributed by atoms with Crippen LogP contribution in [0.15, 0.2) is 69.8 Å². The fourth-order valence-corrected chi connectivity index (χ4v) is 3.76. The van der Waals surface area contributed by atoms with Crippen LogP contribution in [0.25, 0.3) is 22.7 Å². The van der Waals surface area contributed by atoms with E-state index >= 15 is 0 Å². The second kappa shape index (κ2) is 10.3.